The molecular weight excluding hydrogens is 360 g/mol. The fraction of sp³-hybridized carbons (Fsp3) is 0.286. The van der Waals surface area contributed by atoms with Gasteiger partial charge in [0.15, 0.2) is 5.82 Å². The molecule has 0 aliphatic rings. The average molecular weight is 374 g/mol. The smallest absolute Gasteiger partial charge is 0.325 e. The third kappa shape index (κ3) is 3.82. The maximum Gasteiger partial charge on any atom is 0.325 e. The minimum absolute atomic E-state index is 0.0257. The molecule has 2 aromatic rings. The minimum atomic E-state index is -0.765. The van der Waals surface area contributed by atoms with Crippen LogP contribution in [0.4, 0.5) is 25.1 Å². The Hall–Kier alpha value is -1.96. The molecule has 0 atom stereocenters. The van der Waals surface area contributed by atoms with Gasteiger partial charge in [-0.25, -0.2) is 13.6 Å². The third-order valence-corrected chi connectivity index (χ3v) is 3.36. The Kier molecular flexibility index (Phi) is 4.50. The molecule has 2 rings (SSSR count). The van der Waals surface area contributed by atoms with Crippen molar-refractivity contribution in [3.05, 3.63) is 40.1 Å². The van der Waals surface area contributed by atoms with Crippen molar-refractivity contribution in [3.63, 3.8) is 0 Å². The van der Waals surface area contributed by atoms with Gasteiger partial charge in [0.25, 0.3) is 0 Å². The normalized spacial score (nSPS) is 11.4. The van der Waals surface area contributed by atoms with Crippen molar-refractivity contribution < 1.29 is 18.1 Å². The zero-order chi connectivity index (χ0) is 16.5. The van der Waals surface area contributed by atoms with Crippen molar-refractivity contribution in [2.45, 2.75) is 26.2 Å². The molecule has 22 heavy (non-hydrogen) atoms. The molecule has 0 fully saturated rings. The Morgan fingerprint density at radius 3 is 2.45 bits per heavy atom. The summed E-state index contributed by atoms with van der Waals surface area (Å²) < 4.78 is 32.1. The van der Waals surface area contributed by atoms with E-state index in [2.05, 4.69) is 31.7 Å². The van der Waals surface area contributed by atoms with E-state index < -0.39 is 17.7 Å². The lowest BCUT2D eigenvalue weighted by molar-refractivity contribution is 0.261. The molecule has 0 saturated heterocycles. The van der Waals surface area contributed by atoms with E-state index in [0.717, 1.165) is 12.1 Å². The van der Waals surface area contributed by atoms with E-state index >= 15 is 0 Å². The molecule has 8 heteroatoms. The van der Waals surface area contributed by atoms with Crippen molar-refractivity contribution in [3.8, 4) is 0 Å². The summed E-state index contributed by atoms with van der Waals surface area (Å²) in [6.45, 7) is 5.78. The lowest BCUT2D eigenvalue weighted by Crippen LogP contribution is -2.20. The number of nitrogens with one attached hydrogen (secondary N) is 2. The second kappa shape index (κ2) is 6.04. The van der Waals surface area contributed by atoms with E-state index in [4.69, 9.17) is 4.52 Å². The molecule has 2 amide bonds. The maximum atomic E-state index is 13.6. The first-order chi connectivity index (χ1) is 10.2. The van der Waals surface area contributed by atoms with Gasteiger partial charge in [0.2, 0.25) is 0 Å². The summed E-state index contributed by atoms with van der Waals surface area (Å²) in [4.78, 5) is 11.8. The number of carbonyl (C=O) groups is 1. The molecule has 0 unspecified atom stereocenters. The van der Waals surface area contributed by atoms with E-state index in [1.807, 2.05) is 20.8 Å². The molecule has 0 aliphatic heterocycles. The second-order valence-corrected chi connectivity index (χ2v) is 6.51. The first kappa shape index (κ1) is 16.4. The summed E-state index contributed by atoms with van der Waals surface area (Å²) in [6, 6.07) is 2.62. The highest BCUT2D eigenvalue weighted by Gasteiger charge is 2.20. The van der Waals surface area contributed by atoms with Crippen LogP contribution >= 0.6 is 15.9 Å². The number of halogens is 3. The van der Waals surface area contributed by atoms with Crippen LogP contribution in [0.5, 0.6) is 0 Å². The van der Waals surface area contributed by atoms with Crippen molar-refractivity contribution in [2.75, 3.05) is 10.6 Å². The van der Waals surface area contributed by atoms with Crippen LogP contribution in [0.25, 0.3) is 0 Å². The van der Waals surface area contributed by atoms with Crippen LogP contribution in [0.1, 0.15) is 26.5 Å². The summed E-state index contributed by atoms with van der Waals surface area (Å²) in [5.41, 5.74) is -0.539. The van der Waals surface area contributed by atoms with Crippen LogP contribution in [0.3, 0.4) is 0 Å². The van der Waals surface area contributed by atoms with Crippen molar-refractivity contribution >= 4 is 33.5 Å². The summed E-state index contributed by atoms with van der Waals surface area (Å²) in [5, 5.41) is 8.29. The number of nitrogens with zero attached hydrogens (tertiary/aromatic N) is 1. The maximum absolute atomic E-state index is 13.6. The van der Waals surface area contributed by atoms with Crippen molar-refractivity contribution in [2.24, 2.45) is 0 Å². The second-order valence-electron chi connectivity index (χ2n) is 5.65. The molecule has 1 aromatic carbocycles. The molecule has 2 N–H and O–H groups in total. The number of hydrogen-bond donors (Lipinski definition) is 2. The Bertz CT molecular complexity index is 711. The van der Waals surface area contributed by atoms with E-state index in [-0.39, 0.29) is 21.4 Å². The third-order valence-electron chi connectivity index (χ3n) is 2.75. The summed E-state index contributed by atoms with van der Waals surface area (Å²) in [5.74, 6) is -0.684. The molecule has 0 aliphatic carbocycles. The standard InChI is InChI=1S/C14H14BrF2N3O2/c1-14(2,3)11-6-12(20-22-11)19-13(21)18-10-5-8(16)7(15)4-9(10)17/h4-6H,1-3H3,(H2,18,19,20,21). The first-order valence-electron chi connectivity index (χ1n) is 6.36. The Morgan fingerprint density at radius 2 is 1.86 bits per heavy atom. The first-order valence-corrected chi connectivity index (χ1v) is 7.16. The molecule has 0 saturated carbocycles. The zero-order valence-electron chi connectivity index (χ0n) is 12.1. The quantitative estimate of drug-likeness (QED) is 0.752. The van der Waals surface area contributed by atoms with Gasteiger partial charge in [-0.3, -0.25) is 5.32 Å². The van der Waals surface area contributed by atoms with E-state index in [0.29, 0.717) is 5.76 Å². The predicted octanol–water partition coefficient (Wildman–Crippen LogP) is 4.66. The molecular formula is C14H14BrF2N3O2. The minimum Gasteiger partial charge on any atom is -0.359 e. The number of anilines is 2. The van der Waals surface area contributed by atoms with Gasteiger partial charge in [-0.2, -0.15) is 0 Å². The predicted molar refractivity (Wildman–Crippen MR) is 81.9 cm³/mol. The van der Waals surface area contributed by atoms with E-state index in [1.165, 1.54) is 0 Å². The van der Waals surface area contributed by atoms with Crippen LogP contribution < -0.4 is 10.6 Å². The SMILES string of the molecule is CC(C)(C)c1cc(NC(=O)Nc2cc(F)c(Br)cc2F)no1. The molecule has 0 spiro atoms. The number of rotatable bonds is 2. The number of aromatic nitrogens is 1. The number of benzene rings is 1. The highest BCUT2D eigenvalue weighted by molar-refractivity contribution is 9.10. The van der Waals surface area contributed by atoms with E-state index in [1.54, 1.807) is 6.07 Å². The fourth-order valence-electron chi connectivity index (χ4n) is 1.58. The molecule has 1 heterocycles. The fourth-order valence-corrected chi connectivity index (χ4v) is 1.89. The molecule has 0 bridgehead atoms. The van der Waals surface area contributed by atoms with Gasteiger partial charge in [-0.15, -0.1) is 0 Å². The van der Waals surface area contributed by atoms with Gasteiger partial charge in [0.1, 0.15) is 17.4 Å². The Morgan fingerprint density at radius 1 is 1.18 bits per heavy atom. The van der Waals surface area contributed by atoms with Crippen LogP contribution in [0.2, 0.25) is 0 Å². The highest BCUT2D eigenvalue weighted by Crippen LogP contribution is 2.25. The van der Waals surface area contributed by atoms with Crippen LogP contribution in [-0.4, -0.2) is 11.2 Å². The Labute approximate surface area is 134 Å². The van der Waals surface area contributed by atoms with Gasteiger partial charge in [0, 0.05) is 17.5 Å². The topological polar surface area (TPSA) is 67.2 Å². The molecule has 118 valence electrons. The van der Waals surface area contributed by atoms with Gasteiger partial charge >= 0.3 is 6.03 Å². The lowest BCUT2D eigenvalue weighted by Gasteiger charge is -2.12. The van der Waals surface area contributed by atoms with Gasteiger partial charge in [-0.1, -0.05) is 25.9 Å². The van der Waals surface area contributed by atoms with E-state index in [9.17, 15) is 13.6 Å². The monoisotopic (exact) mass is 373 g/mol. The molecule has 1 aromatic heterocycles. The number of hydrogen-bond acceptors (Lipinski definition) is 3. The van der Waals surface area contributed by atoms with Gasteiger partial charge < -0.3 is 9.84 Å². The summed E-state index contributed by atoms with van der Waals surface area (Å²) in [7, 11) is 0. The molecule has 0 radical (unpaired) electrons. The van der Waals surface area contributed by atoms with Crippen LogP contribution in [0.15, 0.2) is 27.2 Å². The van der Waals surface area contributed by atoms with Crippen molar-refractivity contribution in [1.82, 2.24) is 5.16 Å². The highest BCUT2D eigenvalue weighted by atomic mass is 79.9. The largest absolute Gasteiger partial charge is 0.359 e. The lowest BCUT2D eigenvalue weighted by atomic mass is 9.93. The summed E-state index contributed by atoms with van der Waals surface area (Å²) >= 11 is 2.86. The van der Waals surface area contributed by atoms with Gasteiger partial charge in [-0.05, 0) is 22.0 Å². The average Bonchev–Trinajstić information content (AvgIpc) is 2.84. The molecule has 5 nitrogen and oxygen atoms in total. The van der Waals surface area contributed by atoms with Crippen LogP contribution in [0, 0.1) is 11.6 Å². The summed E-state index contributed by atoms with van der Waals surface area (Å²) in [6.07, 6.45) is 0. The van der Waals surface area contributed by atoms with Crippen LogP contribution in [-0.2, 0) is 5.41 Å². The number of carbonyl (C=O) groups excluding carboxylic acids is 1. The number of urea groups is 1. The Balaban J connectivity index is 2.08. The number of amides is 2. The zero-order valence-corrected chi connectivity index (χ0v) is 13.7. The van der Waals surface area contributed by atoms with Crippen molar-refractivity contribution in [1.29, 1.82) is 0 Å². The van der Waals surface area contributed by atoms with Gasteiger partial charge in [0.05, 0.1) is 10.2 Å².